The van der Waals surface area contributed by atoms with E-state index in [-0.39, 0.29) is 12.1 Å². The van der Waals surface area contributed by atoms with Crippen molar-refractivity contribution in [2.45, 2.75) is 45.6 Å². The number of carbonyl (C=O) groups is 1. The van der Waals surface area contributed by atoms with Gasteiger partial charge in [0.05, 0.1) is 12.7 Å². The van der Waals surface area contributed by atoms with Gasteiger partial charge in [0.25, 0.3) is 0 Å². The van der Waals surface area contributed by atoms with E-state index in [0.717, 1.165) is 25.7 Å². The topological polar surface area (TPSA) is 46.5 Å². The maximum absolute atomic E-state index is 11.3. The van der Waals surface area contributed by atoms with Gasteiger partial charge in [-0.05, 0) is 45.4 Å². The molecule has 0 aromatic rings. The van der Waals surface area contributed by atoms with Gasteiger partial charge in [0.15, 0.2) is 0 Å². The maximum Gasteiger partial charge on any atom is 0.333 e. The van der Waals surface area contributed by atoms with Gasteiger partial charge in [-0.25, -0.2) is 4.79 Å². The molecule has 1 fully saturated rings. The number of esters is 1. The van der Waals surface area contributed by atoms with Gasteiger partial charge in [-0.1, -0.05) is 6.08 Å². The number of aliphatic hydroxyl groups is 1. The second-order valence-electron chi connectivity index (χ2n) is 4.14. The van der Waals surface area contributed by atoms with Crippen LogP contribution in [0.4, 0.5) is 0 Å². The Hall–Kier alpha value is -0.830. The van der Waals surface area contributed by atoms with Crippen molar-refractivity contribution in [3.8, 4) is 0 Å². The summed E-state index contributed by atoms with van der Waals surface area (Å²) in [5.74, 6) is 0.210. The van der Waals surface area contributed by atoms with E-state index in [1.165, 1.54) is 0 Å². The predicted molar refractivity (Wildman–Crippen MR) is 58.4 cm³/mol. The highest BCUT2D eigenvalue weighted by atomic mass is 16.5. The minimum absolute atomic E-state index is 0.141. The summed E-state index contributed by atoms with van der Waals surface area (Å²) in [4.78, 5) is 11.3. The molecular weight excluding hydrogens is 192 g/mol. The first-order valence-electron chi connectivity index (χ1n) is 5.67. The van der Waals surface area contributed by atoms with Crippen LogP contribution in [0.1, 0.15) is 39.5 Å². The number of hydrogen-bond acceptors (Lipinski definition) is 3. The van der Waals surface area contributed by atoms with Crippen molar-refractivity contribution in [2.75, 3.05) is 6.61 Å². The maximum atomic E-state index is 11.3. The number of carbonyl (C=O) groups excluding carboxylic acids is 1. The molecule has 1 N–H and O–H groups in total. The van der Waals surface area contributed by atoms with Crippen molar-refractivity contribution in [1.29, 1.82) is 0 Å². The van der Waals surface area contributed by atoms with Gasteiger partial charge in [-0.15, -0.1) is 0 Å². The third-order valence-electron chi connectivity index (χ3n) is 2.82. The summed E-state index contributed by atoms with van der Waals surface area (Å²) in [5.41, 5.74) is 0.693. The highest BCUT2D eigenvalue weighted by Crippen LogP contribution is 2.26. The van der Waals surface area contributed by atoms with Crippen molar-refractivity contribution in [2.24, 2.45) is 5.92 Å². The van der Waals surface area contributed by atoms with E-state index in [4.69, 9.17) is 4.74 Å². The summed E-state index contributed by atoms with van der Waals surface area (Å²) in [6.45, 7) is 4.03. The van der Waals surface area contributed by atoms with Crippen molar-refractivity contribution < 1.29 is 14.6 Å². The highest BCUT2D eigenvalue weighted by molar-refractivity contribution is 5.87. The average molecular weight is 212 g/mol. The van der Waals surface area contributed by atoms with E-state index in [0.29, 0.717) is 18.1 Å². The lowest BCUT2D eigenvalue weighted by Crippen LogP contribution is -2.17. The lowest BCUT2D eigenvalue weighted by atomic mass is 9.86. The molecule has 0 atom stereocenters. The Balaban J connectivity index is 2.44. The molecule has 1 aliphatic carbocycles. The second-order valence-corrected chi connectivity index (χ2v) is 4.14. The molecular formula is C12H20O3. The first kappa shape index (κ1) is 12.2. The molecule has 0 spiro atoms. The van der Waals surface area contributed by atoms with E-state index in [1.807, 2.05) is 13.0 Å². The summed E-state index contributed by atoms with van der Waals surface area (Å²) in [6.07, 6.45) is 5.48. The van der Waals surface area contributed by atoms with Gasteiger partial charge >= 0.3 is 5.97 Å². The summed E-state index contributed by atoms with van der Waals surface area (Å²) < 4.78 is 4.91. The van der Waals surface area contributed by atoms with Crippen LogP contribution in [0.15, 0.2) is 11.6 Å². The number of ether oxygens (including phenoxy) is 1. The van der Waals surface area contributed by atoms with Gasteiger partial charge in [0.2, 0.25) is 0 Å². The minimum atomic E-state index is -0.219. The fourth-order valence-electron chi connectivity index (χ4n) is 1.93. The number of rotatable bonds is 3. The molecule has 0 saturated heterocycles. The molecule has 86 valence electrons. The Labute approximate surface area is 91.1 Å². The van der Waals surface area contributed by atoms with Crippen LogP contribution in [0, 0.1) is 5.92 Å². The zero-order valence-corrected chi connectivity index (χ0v) is 9.53. The van der Waals surface area contributed by atoms with Crippen LogP contribution in [0.5, 0.6) is 0 Å². The minimum Gasteiger partial charge on any atom is -0.463 e. The van der Waals surface area contributed by atoms with Gasteiger partial charge in [-0.2, -0.15) is 0 Å². The van der Waals surface area contributed by atoms with E-state index in [1.54, 1.807) is 6.92 Å². The van der Waals surface area contributed by atoms with Crippen LogP contribution in [0.2, 0.25) is 0 Å². The fourth-order valence-corrected chi connectivity index (χ4v) is 1.93. The van der Waals surface area contributed by atoms with Crippen LogP contribution < -0.4 is 0 Å². The van der Waals surface area contributed by atoms with E-state index < -0.39 is 0 Å². The van der Waals surface area contributed by atoms with E-state index in [2.05, 4.69) is 0 Å². The smallest absolute Gasteiger partial charge is 0.333 e. The Kier molecular flexibility index (Phi) is 4.82. The van der Waals surface area contributed by atoms with Crippen LogP contribution in [-0.2, 0) is 9.53 Å². The first-order chi connectivity index (χ1) is 7.13. The number of aliphatic hydroxyl groups excluding tert-OH is 1. The molecule has 0 amide bonds. The summed E-state index contributed by atoms with van der Waals surface area (Å²) in [7, 11) is 0. The molecule has 15 heavy (non-hydrogen) atoms. The molecule has 1 rings (SSSR count). The number of hydrogen-bond donors (Lipinski definition) is 1. The van der Waals surface area contributed by atoms with Gasteiger partial charge < -0.3 is 9.84 Å². The summed E-state index contributed by atoms with van der Waals surface area (Å²) in [5, 5.41) is 9.34. The third-order valence-corrected chi connectivity index (χ3v) is 2.82. The van der Waals surface area contributed by atoms with Crippen molar-refractivity contribution in [3.63, 3.8) is 0 Å². The first-order valence-corrected chi connectivity index (χ1v) is 5.67. The molecule has 0 radical (unpaired) electrons. The Morgan fingerprint density at radius 1 is 1.40 bits per heavy atom. The standard InChI is InChI=1S/C12H20O3/c1-3-15-12(14)9(2)8-10-4-6-11(13)7-5-10/h8,10-11,13H,3-7H2,1-2H3/b9-8+. The SMILES string of the molecule is CCOC(=O)/C(C)=C/C1CCC(O)CC1. The zero-order valence-electron chi connectivity index (χ0n) is 9.53. The van der Waals surface area contributed by atoms with E-state index in [9.17, 15) is 9.90 Å². The van der Waals surface area contributed by atoms with Gasteiger partial charge in [-0.3, -0.25) is 0 Å². The normalized spacial score (nSPS) is 27.5. The molecule has 0 aromatic heterocycles. The second kappa shape index (κ2) is 5.91. The zero-order chi connectivity index (χ0) is 11.3. The van der Waals surface area contributed by atoms with Gasteiger partial charge in [0, 0.05) is 5.57 Å². The van der Waals surface area contributed by atoms with Crippen molar-refractivity contribution in [3.05, 3.63) is 11.6 Å². The largest absolute Gasteiger partial charge is 0.463 e. The van der Waals surface area contributed by atoms with Crippen LogP contribution in [0.3, 0.4) is 0 Å². The van der Waals surface area contributed by atoms with Crippen LogP contribution in [0.25, 0.3) is 0 Å². The lowest BCUT2D eigenvalue weighted by molar-refractivity contribution is -0.138. The fraction of sp³-hybridized carbons (Fsp3) is 0.750. The molecule has 1 saturated carbocycles. The molecule has 0 bridgehead atoms. The lowest BCUT2D eigenvalue weighted by Gasteiger charge is -2.23. The summed E-state index contributed by atoms with van der Waals surface area (Å²) >= 11 is 0. The molecule has 1 aliphatic rings. The molecule has 3 heteroatoms. The van der Waals surface area contributed by atoms with Crippen molar-refractivity contribution in [1.82, 2.24) is 0 Å². The molecule has 3 nitrogen and oxygen atoms in total. The molecule has 0 unspecified atom stereocenters. The third kappa shape index (κ3) is 4.04. The Morgan fingerprint density at radius 2 is 2.00 bits per heavy atom. The highest BCUT2D eigenvalue weighted by Gasteiger charge is 2.18. The Morgan fingerprint density at radius 3 is 2.53 bits per heavy atom. The summed E-state index contributed by atoms with van der Waals surface area (Å²) in [6, 6.07) is 0. The van der Waals surface area contributed by atoms with Crippen LogP contribution >= 0.6 is 0 Å². The Bertz CT molecular complexity index is 237. The van der Waals surface area contributed by atoms with E-state index >= 15 is 0 Å². The van der Waals surface area contributed by atoms with Gasteiger partial charge in [0.1, 0.15) is 0 Å². The predicted octanol–water partition coefficient (Wildman–Crippen LogP) is 2.05. The molecule has 0 aromatic carbocycles. The number of allylic oxidation sites excluding steroid dienone is 1. The molecule has 0 aliphatic heterocycles. The molecule has 0 heterocycles. The van der Waals surface area contributed by atoms with Crippen LogP contribution in [-0.4, -0.2) is 23.8 Å². The monoisotopic (exact) mass is 212 g/mol. The van der Waals surface area contributed by atoms with Crippen molar-refractivity contribution >= 4 is 5.97 Å². The quantitative estimate of drug-likeness (QED) is 0.575. The average Bonchev–Trinajstić information content (AvgIpc) is 2.22.